The van der Waals surface area contributed by atoms with Gasteiger partial charge in [0.2, 0.25) is 0 Å². The zero-order valence-corrected chi connectivity index (χ0v) is 12.7. The van der Waals surface area contributed by atoms with Crippen LogP contribution in [-0.4, -0.2) is 38.2 Å². The van der Waals surface area contributed by atoms with Gasteiger partial charge in [-0.05, 0) is 17.7 Å². The molecule has 0 atom stereocenters. The minimum absolute atomic E-state index is 0.0225. The third-order valence-corrected chi connectivity index (χ3v) is 3.51. The Morgan fingerprint density at radius 2 is 2.09 bits per heavy atom. The van der Waals surface area contributed by atoms with Crippen LogP contribution in [0.15, 0.2) is 40.8 Å². The van der Waals surface area contributed by atoms with E-state index in [0.29, 0.717) is 31.2 Å². The number of nitrogens with zero attached hydrogens (tertiary/aromatic N) is 7. The third kappa shape index (κ3) is 3.29. The highest BCUT2D eigenvalue weighted by Crippen LogP contribution is 2.35. The van der Waals surface area contributed by atoms with E-state index in [4.69, 9.17) is 10.3 Å². The number of ether oxygens (including phenoxy) is 1. The van der Waals surface area contributed by atoms with Crippen LogP contribution in [0.4, 0.5) is 5.69 Å². The number of azide groups is 1. The highest BCUT2D eigenvalue weighted by molar-refractivity contribution is 5.65. The van der Waals surface area contributed by atoms with E-state index < -0.39 is 0 Å². The average Bonchev–Trinajstić information content (AvgIpc) is 3.00. The lowest BCUT2D eigenvalue weighted by Gasteiger charge is -2.25. The van der Waals surface area contributed by atoms with Gasteiger partial charge in [0.1, 0.15) is 23.7 Å². The molecule has 2 rings (SSSR count). The summed E-state index contributed by atoms with van der Waals surface area (Å²) in [4.78, 5) is 6.49. The largest absolute Gasteiger partial charge is 0.495 e. The molecule has 1 aromatic rings. The van der Waals surface area contributed by atoms with Gasteiger partial charge < -0.3 is 14.5 Å². The van der Waals surface area contributed by atoms with Crippen LogP contribution in [0, 0.1) is 22.7 Å². The van der Waals surface area contributed by atoms with Crippen molar-refractivity contribution in [1.29, 1.82) is 10.5 Å². The van der Waals surface area contributed by atoms with E-state index in [9.17, 15) is 10.5 Å². The van der Waals surface area contributed by atoms with Crippen LogP contribution in [0.25, 0.3) is 10.4 Å². The molecular formula is C15H15N7O. The van der Waals surface area contributed by atoms with Crippen molar-refractivity contribution in [2.75, 3.05) is 38.2 Å². The summed E-state index contributed by atoms with van der Waals surface area (Å²) < 4.78 is 5.37. The molecule has 0 radical (unpaired) electrons. The molecule has 0 aliphatic carbocycles. The maximum absolute atomic E-state index is 9.27. The molecule has 0 spiro atoms. The Hall–Kier alpha value is -3.35. The number of hydrogen-bond donors (Lipinski definition) is 0. The Kier molecular flexibility index (Phi) is 5.30. The second kappa shape index (κ2) is 7.60. The Balaban J connectivity index is 2.44. The van der Waals surface area contributed by atoms with Crippen LogP contribution >= 0.6 is 0 Å². The van der Waals surface area contributed by atoms with Gasteiger partial charge in [0.15, 0.2) is 5.57 Å². The highest BCUT2D eigenvalue weighted by Gasteiger charge is 2.30. The first kappa shape index (κ1) is 16.0. The standard InChI is InChI=1S/C15H15N7O/c1-23-14-5-3-2-4-13(14)22-9-8-21(7-6-19-20-18)15(22)12(10-16)11-17/h2-5H,6-9H2,1H3. The molecule has 116 valence electrons. The molecule has 0 bridgehead atoms. The lowest BCUT2D eigenvalue weighted by atomic mass is 10.2. The molecule has 0 amide bonds. The first-order valence-electron chi connectivity index (χ1n) is 6.97. The molecule has 1 saturated heterocycles. The highest BCUT2D eigenvalue weighted by atomic mass is 16.5. The molecule has 1 fully saturated rings. The summed E-state index contributed by atoms with van der Waals surface area (Å²) in [7, 11) is 1.58. The van der Waals surface area contributed by atoms with E-state index in [2.05, 4.69) is 10.0 Å². The minimum atomic E-state index is 0.0225. The van der Waals surface area contributed by atoms with Crippen molar-refractivity contribution in [3.8, 4) is 17.9 Å². The van der Waals surface area contributed by atoms with Gasteiger partial charge in [0, 0.05) is 31.1 Å². The molecule has 8 heteroatoms. The smallest absolute Gasteiger partial charge is 0.170 e. The summed E-state index contributed by atoms with van der Waals surface area (Å²) in [5.41, 5.74) is 9.22. The normalized spacial score (nSPS) is 13.1. The number of benzene rings is 1. The predicted molar refractivity (Wildman–Crippen MR) is 84.2 cm³/mol. The predicted octanol–water partition coefficient (Wildman–Crippen LogP) is 2.39. The molecule has 1 heterocycles. The number of hydrogen-bond acceptors (Lipinski definition) is 6. The minimum Gasteiger partial charge on any atom is -0.495 e. The maximum atomic E-state index is 9.27. The first-order valence-corrected chi connectivity index (χ1v) is 6.97. The Morgan fingerprint density at radius 3 is 2.74 bits per heavy atom. The molecule has 0 aromatic heterocycles. The van der Waals surface area contributed by atoms with Gasteiger partial charge in [-0.1, -0.05) is 17.2 Å². The van der Waals surface area contributed by atoms with Crippen molar-refractivity contribution in [2.24, 2.45) is 5.11 Å². The number of rotatable bonds is 5. The molecule has 0 saturated carbocycles. The topological polar surface area (TPSA) is 112 Å². The number of para-hydroxylation sites is 2. The van der Waals surface area contributed by atoms with Gasteiger partial charge in [-0.25, -0.2) is 0 Å². The van der Waals surface area contributed by atoms with Crippen molar-refractivity contribution in [2.45, 2.75) is 0 Å². The molecule has 1 aliphatic heterocycles. The van der Waals surface area contributed by atoms with Gasteiger partial charge in [0.05, 0.1) is 12.8 Å². The van der Waals surface area contributed by atoms with Crippen LogP contribution in [0.3, 0.4) is 0 Å². The van der Waals surface area contributed by atoms with Crippen LogP contribution in [-0.2, 0) is 0 Å². The van der Waals surface area contributed by atoms with Gasteiger partial charge in [-0.15, -0.1) is 0 Å². The molecule has 1 aliphatic rings. The summed E-state index contributed by atoms with van der Waals surface area (Å²) in [6.07, 6.45) is 0. The quantitative estimate of drug-likeness (QED) is 0.359. The molecular weight excluding hydrogens is 294 g/mol. The van der Waals surface area contributed by atoms with Gasteiger partial charge in [0.25, 0.3) is 0 Å². The van der Waals surface area contributed by atoms with Crippen LogP contribution < -0.4 is 9.64 Å². The van der Waals surface area contributed by atoms with Crippen LogP contribution in [0.1, 0.15) is 0 Å². The Bertz CT molecular complexity index is 721. The van der Waals surface area contributed by atoms with Crippen LogP contribution in [0.2, 0.25) is 0 Å². The fraction of sp³-hybridized carbons (Fsp3) is 0.333. The molecule has 0 unspecified atom stereocenters. The van der Waals surface area contributed by atoms with E-state index in [-0.39, 0.29) is 12.1 Å². The number of methoxy groups -OCH3 is 1. The van der Waals surface area contributed by atoms with Gasteiger partial charge >= 0.3 is 0 Å². The monoisotopic (exact) mass is 309 g/mol. The first-order chi connectivity index (χ1) is 11.3. The van der Waals surface area contributed by atoms with Crippen molar-refractivity contribution in [3.05, 3.63) is 46.1 Å². The average molecular weight is 309 g/mol. The summed E-state index contributed by atoms with van der Waals surface area (Å²) in [5, 5.41) is 22.1. The number of nitriles is 2. The Morgan fingerprint density at radius 1 is 1.35 bits per heavy atom. The van der Waals surface area contributed by atoms with Crippen molar-refractivity contribution in [1.82, 2.24) is 4.90 Å². The molecule has 0 N–H and O–H groups in total. The van der Waals surface area contributed by atoms with Crippen LogP contribution in [0.5, 0.6) is 5.75 Å². The SMILES string of the molecule is COc1ccccc1N1CCN(CCN=[N+]=[N-])C1=C(C#N)C#N. The fourth-order valence-corrected chi connectivity index (χ4v) is 2.54. The lowest BCUT2D eigenvalue weighted by molar-refractivity contribution is 0.404. The number of anilines is 1. The van der Waals surface area contributed by atoms with Crippen molar-refractivity contribution < 1.29 is 4.74 Å². The van der Waals surface area contributed by atoms with E-state index in [1.54, 1.807) is 7.11 Å². The molecule has 1 aromatic carbocycles. The second-order valence-corrected chi connectivity index (χ2v) is 4.69. The van der Waals surface area contributed by atoms with E-state index in [0.717, 1.165) is 5.69 Å². The Labute approximate surface area is 134 Å². The molecule has 23 heavy (non-hydrogen) atoms. The zero-order chi connectivity index (χ0) is 16.7. The number of allylic oxidation sites excluding steroid dienone is 1. The van der Waals surface area contributed by atoms with Crippen molar-refractivity contribution in [3.63, 3.8) is 0 Å². The summed E-state index contributed by atoms with van der Waals surface area (Å²) >= 11 is 0. The maximum Gasteiger partial charge on any atom is 0.170 e. The fourth-order valence-electron chi connectivity index (χ4n) is 2.54. The van der Waals surface area contributed by atoms with Gasteiger partial charge in [-0.2, -0.15) is 10.5 Å². The van der Waals surface area contributed by atoms with E-state index in [1.807, 2.05) is 46.2 Å². The van der Waals surface area contributed by atoms with Crippen molar-refractivity contribution >= 4 is 5.69 Å². The lowest BCUT2D eigenvalue weighted by Crippen LogP contribution is -2.27. The zero-order valence-electron chi connectivity index (χ0n) is 12.7. The summed E-state index contributed by atoms with van der Waals surface area (Å²) in [5.74, 6) is 1.18. The third-order valence-electron chi connectivity index (χ3n) is 3.51. The van der Waals surface area contributed by atoms with E-state index in [1.165, 1.54) is 0 Å². The van der Waals surface area contributed by atoms with E-state index >= 15 is 0 Å². The summed E-state index contributed by atoms with van der Waals surface area (Å²) in [6.45, 7) is 1.95. The summed E-state index contributed by atoms with van der Waals surface area (Å²) in [6, 6.07) is 11.3. The molecule has 8 nitrogen and oxygen atoms in total. The second-order valence-electron chi connectivity index (χ2n) is 4.69. The van der Waals surface area contributed by atoms with Gasteiger partial charge in [-0.3, -0.25) is 0 Å².